The third-order valence-corrected chi connectivity index (χ3v) is 5.09. The van der Waals surface area contributed by atoms with Gasteiger partial charge in [0.15, 0.2) is 0 Å². The van der Waals surface area contributed by atoms with Gasteiger partial charge in [0, 0.05) is 17.0 Å². The van der Waals surface area contributed by atoms with Crippen molar-refractivity contribution in [3.8, 4) is 5.75 Å². The van der Waals surface area contributed by atoms with Crippen molar-refractivity contribution in [1.82, 2.24) is 0 Å². The van der Waals surface area contributed by atoms with Crippen LogP contribution in [0, 0.1) is 6.92 Å². The van der Waals surface area contributed by atoms with Gasteiger partial charge in [-0.1, -0.05) is 17.7 Å². The molecular formula is C23H28N2O3. The van der Waals surface area contributed by atoms with Crippen LogP contribution in [-0.2, 0) is 10.2 Å². The number of anilines is 1. The quantitative estimate of drug-likeness (QED) is 0.736. The number of hydrogen-bond acceptors (Lipinski definition) is 4. The lowest BCUT2D eigenvalue weighted by atomic mass is 9.73. The minimum Gasteiger partial charge on any atom is -0.496 e. The van der Waals surface area contributed by atoms with Gasteiger partial charge in [0.05, 0.1) is 18.2 Å². The molecule has 0 bridgehead atoms. The zero-order valence-corrected chi connectivity index (χ0v) is 17.6. The Bertz CT molecular complexity index is 957. The molecule has 1 atom stereocenters. The Labute approximate surface area is 166 Å². The van der Waals surface area contributed by atoms with Gasteiger partial charge in [-0.3, -0.25) is 10.3 Å². The van der Waals surface area contributed by atoms with Gasteiger partial charge in [0.2, 0.25) is 0 Å². The van der Waals surface area contributed by atoms with E-state index in [1.807, 2.05) is 45.9 Å². The second kappa shape index (κ2) is 6.97. The van der Waals surface area contributed by atoms with Crippen molar-refractivity contribution in [2.75, 3.05) is 12.4 Å². The largest absolute Gasteiger partial charge is 0.496 e. The van der Waals surface area contributed by atoms with E-state index in [0.29, 0.717) is 5.69 Å². The summed E-state index contributed by atoms with van der Waals surface area (Å²) in [6.07, 6.45) is -0.484. The maximum atomic E-state index is 12.2. The molecular weight excluding hydrogens is 352 g/mol. The van der Waals surface area contributed by atoms with E-state index in [9.17, 15) is 4.79 Å². The molecule has 28 heavy (non-hydrogen) atoms. The highest BCUT2D eigenvalue weighted by Gasteiger charge is 2.40. The van der Waals surface area contributed by atoms with E-state index >= 15 is 0 Å². The Hall–Kier alpha value is -2.82. The highest BCUT2D eigenvalue weighted by molar-refractivity contribution is 6.03. The molecule has 1 amide bonds. The number of aryl methyl sites for hydroxylation is 1. The molecule has 0 spiro atoms. The molecule has 3 rings (SSSR count). The number of aliphatic imine (C=N–C) groups is 1. The van der Waals surface area contributed by atoms with Crippen LogP contribution >= 0.6 is 0 Å². The van der Waals surface area contributed by atoms with Crippen LogP contribution in [0.2, 0.25) is 0 Å². The molecule has 1 aliphatic heterocycles. The maximum Gasteiger partial charge on any atom is 0.412 e. The summed E-state index contributed by atoms with van der Waals surface area (Å²) in [5.74, 6) is 0.751. The number of methoxy groups -OCH3 is 1. The molecule has 2 aromatic carbocycles. The van der Waals surface area contributed by atoms with Crippen LogP contribution in [0.15, 0.2) is 41.4 Å². The first-order chi connectivity index (χ1) is 13.0. The van der Waals surface area contributed by atoms with Gasteiger partial charge in [-0.25, -0.2) is 4.79 Å². The number of amides is 1. The summed E-state index contributed by atoms with van der Waals surface area (Å²) in [7, 11) is 1.65. The average Bonchev–Trinajstić information content (AvgIpc) is 2.85. The van der Waals surface area contributed by atoms with Gasteiger partial charge in [-0.05, 0) is 71.4 Å². The van der Waals surface area contributed by atoms with Crippen LogP contribution in [0.4, 0.5) is 16.2 Å². The van der Waals surface area contributed by atoms with Crippen LogP contribution in [-0.4, -0.2) is 24.5 Å². The van der Waals surface area contributed by atoms with Crippen molar-refractivity contribution in [2.24, 2.45) is 4.99 Å². The van der Waals surface area contributed by atoms with E-state index in [1.54, 1.807) is 7.11 Å². The van der Waals surface area contributed by atoms with E-state index in [2.05, 4.69) is 37.4 Å². The third kappa shape index (κ3) is 3.61. The topological polar surface area (TPSA) is 59.9 Å². The van der Waals surface area contributed by atoms with E-state index < -0.39 is 17.1 Å². The molecule has 0 radical (unpaired) electrons. The predicted molar refractivity (Wildman–Crippen MR) is 113 cm³/mol. The van der Waals surface area contributed by atoms with Crippen LogP contribution in [0.5, 0.6) is 5.75 Å². The summed E-state index contributed by atoms with van der Waals surface area (Å²) in [5, 5.41) is 2.82. The number of ether oxygens (including phenoxy) is 2. The van der Waals surface area contributed by atoms with Gasteiger partial charge < -0.3 is 9.47 Å². The molecule has 5 nitrogen and oxygen atoms in total. The summed E-state index contributed by atoms with van der Waals surface area (Å²) >= 11 is 0. The Morgan fingerprint density at radius 2 is 1.79 bits per heavy atom. The molecule has 0 saturated carbocycles. The van der Waals surface area contributed by atoms with Crippen molar-refractivity contribution >= 4 is 23.2 Å². The summed E-state index contributed by atoms with van der Waals surface area (Å²) in [4.78, 5) is 17.0. The van der Waals surface area contributed by atoms with Gasteiger partial charge in [-0.15, -0.1) is 0 Å². The normalized spacial score (nSPS) is 18.3. The fourth-order valence-electron chi connectivity index (χ4n) is 3.57. The minimum absolute atomic E-state index is 0.446. The molecule has 1 heterocycles. The van der Waals surface area contributed by atoms with Crippen LogP contribution in [0.25, 0.3) is 0 Å². The number of rotatable bonds is 3. The van der Waals surface area contributed by atoms with Crippen molar-refractivity contribution < 1.29 is 14.3 Å². The predicted octanol–water partition coefficient (Wildman–Crippen LogP) is 5.76. The number of fused-ring (bicyclic) bond motifs is 1. The Kier molecular flexibility index (Phi) is 4.96. The van der Waals surface area contributed by atoms with Crippen LogP contribution in [0.1, 0.15) is 51.3 Å². The Morgan fingerprint density at radius 3 is 2.43 bits per heavy atom. The lowest BCUT2D eigenvalue weighted by molar-refractivity contribution is 0.0636. The fourth-order valence-corrected chi connectivity index (χ4v) is 3.57. The number of hydrogen-bond donors (Lipinski definition) is 1. The zero-order valence-electron chi connectivity index (χ0n) is 17.6. The van der Waals surface area contributed by atoms with E-state index in [0.717, 1.165) is 28.3 Å². The molecule has 1 aliphatic rings. The van der Waals surface area contributed by atoms with Gasteiger partial charge >= 0.3 is 6.09 Å². The Balaban J connectivity index is 2.06. The second-order valence-electron chi connectivity index (χ2n) is 8.38. The summed E-state index contributed by atoms with van der Waals surface area (Å²) < 4.78 is 11.0. The molecule has 2 aromatic rings. The lowest BCUT2D eigenvalue weighted by Crippen LogP contribution is -2.30. The van der Waals surface area contributed by atoms with Crippen molar-refractivity contribution in [3.05, 3.63) is 53.1 Å². The monoisotopic (exact) mass is 380 g/mol. The van der Waals surface area contributed by atoms with Crippen LogP contribution < -0.4 is 10.1 Å². The van der Waals surface area contributed by atoms with Crippen molar-refractivity contribution in [2.45, 2.75) is 52.6 Å². The molecule has 0 unspecified atom stereocenters. The first-order valence-electron chi connectivity index (χ1n) is 9.40. The van der Waals surface area contributed by atoms with E-state index in [-0.39, 0.29) is 0 Å². The van der Waals surface area contributed by atoms with E-state index in [4.69, 9.17) is 14.5 Å². The van der Waals surface area contributed by atoms with Gasteiger partial charge in [0.1, 0.15) is 11.4 Å². The van der Waals surface area contributed by atoms with E-state index in [1.165, 1.54) is 5.56 Å². The molecule has 148 valence electrons. The number of carbonyl (C=O) groups excluding carboxylic acids is 1. The fraction of sp³-hybridized carbons (Fsp3) is 0.391. The standard InChI is InChI=1S/C23H28N2O3/c1-14-8-10-19-17(12-14)23(6,15(2)24-19)18-13-16(9-11-20(18)27-7)25-21(26)28-22(3,4)5/h8-13H,1-7H3,(H,25,26)/t23-/m0/s1. The molecule has 5 heteroatoms. The van der Waals surface area contributed by atoms with Gasteiger partial charge in [-0.2, -0.15) is 0 Å². The number of benzene rings is 2. The summed E-state index contributed by atoms with van der Waals surface area (Å²) in [5.41, 5.74) is 4.87. The molecule has 0 aliphatic carbocycles. The maximum absolute atomic E-state index is 12.2. The molecule has 1 N–H and O–H groups in total. The molecule has 0 aromatic heterocycles. The SMILES string of the molecule is COc1ccc(NC(=O)OC(C)(C)C)cc1[C@@]1(C)C(C)=Nc2ccc(C)cc21. The molecule has 0 saturated heterocycles. The zero-order chi connectivity index (χ0) is 20.7. The highest BCUT2D eigenvalue weighted by Crippen LogP contribution is 2.48. The summed E-state index contributed by atoms with van der Waals surface area (Å²) in [6.45, 7) is 11.8. The first-order valence-corrected chi connectivity index (χ1v) is 9.40. The minimum atomic E-state index is -0.559. The highest BCUT2D eigenvalue weighted by atomic mass is 16.6. The average molecular weight is 380 g/mol. The van der Waals surface area contributed by atoms with Crippen molar-refractivity contribution in [1.29, 1.82) is 0 Å². The smallest absolute Gasteiger partial charge is 0.412 e. The molecule has 0 fully saturated rings. The first kappa shape index (κ1) is 19.9. The number of carbonyl (C=O) groups is 1. The van der Waals surface area contributed by atoms with Crippen LogP contribution in [0.3, 0.4) is 0 Å². The Morgan fingerprint density at radius 1 is 1.07 bits per heavy atom. The second-order valence-corrected chi connectivity index (χ2v) is 8.38. The number of nitrogens with one attached hydrogen (secondary N) is 1. The van der Waals surface area contributed by atoms with Gasteiger partial charge in [0.25, 0.3) is 0 Å². The third-order valence-electron chi connectivity index (χ3n) is 5.09. The lowest BCUT2D eigenvalue weighted by Gasteiger charge is -2.29. The van der Waals surface area contributed by atoms with Crippen molar-refractivity contribution in [3.63, 3.8) is 0 Å². The summed E-state index contributed by atoms with van der Waals surface area (Å²) in [6, 6.07) is 11.9. The number of nitrogens with zero attached hydrogens (tertiary/aromatic N) is 1.